The van der Waals surface area contributed by atoms with Crippen molar-refractivity contribution < 1.29 is 29.1 Å². The number of carbonyl (C=O) groups is 2. The Bertz CT molecular complexity index is 929. The summed E-state index contributed by atoms with van der Waals surface area (Å²) in [5.41, 5.74) is 1.25. The fourth-order valence-electron chi connectivity index (χ4n) is 5.35. The van der Waals surface area contributed by atoms with E-state index in [0.717, 1.165) is 36.5 Å². The van der Waals surface area contributed by atoms with Gasteiger partial charge in [-0.25, -0.2) is 13.9 Å². The molecule has 2 fully saturated rings. The van der Waals surface area contributed by atoms with Crippen LogP contribution in [0, 0.1) is 11.8 Å². The quantitative estimate of drug-likeness (QED) is 0.359. The number of β-lactam (4-membered cyclic amide) rings is 1. The van der Waals surface area contributed by atoms with E-state index in [9.17, 15) is 19.8 Å². The Kier molecular flexibility index (Phi) is 6.67. The second kappa shape index (κ2) is 9.17. The summed E-state index contributed by atoms with van der Waals surface area (Å²) < 4.78 is 9.53. The predicted molar refractivity (Wildman–Crippen MR) is 118 cm³/mol. The van der Waals surface area contributed by atoms with Gasteiger partial charge in [0.15, 0.2) is 5.69 Å². The van der Waals surface area contributed by atoms with Crippen molar-refractivity contribution >= 4 is 23.6 Å². The van der Waals surface area contributed by atoms with Crippen LogP contribution in [0.1, 0.15) is 32.4 Å². The highest BCUT2D eigenvalue weighted by Crippen LogP contribution is 2.51. The Labute approximate surface area is 192 Å². The number of nitrogens with one attached hydrogen (secondary N) is 1. The maximum Gasteiger partial charge on any atom is 0.353 e. The monoisotopic (exact) mass is 465 g/mol. The number of aromatic nitrogens is 2. The number of ether oxygens (including phenoxy) is 1. The van der Waals surface area contributed by atoms with Crippen LogP contribution in [0.25, 0.3) is 0 Å². The Morgan fingerprint density at radius 3 is 2.88 bits per heavy atom. The number of imidazole rings is 1. The molecule has 0 aliphatic carbocycles. The van der Waals surface area contributed by atoms with Crippen LogP contribution in [0.4, 0.5) is 0 Å². The number of hydrogen-bond donors (Lipinski definition) is 3. The van der Waals surface area contributed by atoms with Gasteiger partial charge in [-0.05, 0) is 13.3 Å². The molecule has 3 aliphatic heterocycles. The number of rotatable bonds is 9. The molecule has 2 saturated heterocycles. The lowest BCUT2D eigenvalue weighted by Crippen LogP contribution is -2.63. The molecule has 0 bridgehead atoms. The standard InChI is InChI=1S/C22H32N4O5S/c1-12-18-17(13(2)27)21(28)26(18)19(22(29)30)20(12)32-16-7-14(23-8-16)5-6-25-11-24(3)9-15(25)10-31-4/h9,11-14,16-18,23,27H,5-8,10H2,1-4H3/p+1/t12-,13-,14-,16+,17-,18-/m1/s1. The molecular formula is C22H33N4O5S+. The zero-order valence-corrected chi connectivity index (χ0v) is 19.8. The molecule has 32 heavy (non-hydrogen) atoms. The van der Waals surface area contributed by atoms with E-state index in [1.54, 1.807) is 25.8 Å². The van der Waals surface area contributed by atoms with E-state index < -0.39 is 18.0 Å². The maximum atomic E-state index is 12.5. The Morgan fingerprint density at radius 2 is 2.22 bits per heavy atom. The number of amides is 1. The van der Waals surface area contributed by atoms with Crippen molar-refractivity contribution in [3.8, 4) is 0 Å². The number of carboxylic acid groups (broad SMARTS) is 1. The molecule has 0 radical (unpaired) electrons. The largest absolute Gasteiger partial charge is 0.477 e. The van der Waals surface area contributed by atoms with Gasteiger partial charge in [0, 0.05) is 42.2 Å². The van der Waals surface area contributed by atoms with Gasteiger partial charge in [0.25, 0.3) is 0 Å². The normalized spacial score (nSPS) is 30.6. The first-order valence-electron chi connectivity index (χ1n) is 11.1. The first-order chi connectivity index (χ1) is 15.2. The second-order valence-electron chi connectivity index (χ2n) is 9.17. The van der Waals surface area contributed by atoms with Gasteiger partial charge >= 0.3 is 5.97 Å². The van der Waals surface area contributed by atoms with Crippen LogP contribution in [0.3, 0.4) is 0 Å². The number of aliphatic carboxylic acids is 1. The van der Waals surface area contributed by atoms with E-state index in [0.29, 0.717) is 12.6 Å². The van der Waals surface area contributed by atoms with Gasteiger partial charge in [0.05, 0.1) is 31.7 Å². The third-order valence-electron chi connectivity index (χ3n) is 6.84. The van der Waals surface area contributed by atoms with E-state index >= 15 is 0 Å². The van der Waals surface area contributed by atoms with Crippen molar-refractivity contribution in [2.24, 2.45) is 18.9 Å². The number of aliphatic hydroxyl groups is 1. The van der Waals surface area contributed by atoms with Gasteiger partial charge in [-0.15, -0.1) is 11.8 Å². The number of methoxy groups -OCH3 is 1. The lowest BCUT2D eigenvalue weighted by Gasteiger charge is -2.46. The predicted octanol–water partition coefficient (Wildman–Crippen LogP) is 0.467. The summed E-state index contributed by atoms with van der Waals surface area (Å²) in [6, 6.07) is 0.0972. The molecule has 0 unspecified atom stereocenters. The number of aliphatic hydroxyl groups excluding tert-OH is 1. The van der Waals surface area contributed by atoms with Crippen LogP contribution in [0.5, 0.6) is 0 Å². The van der Waals surface area contributed by atoms with E-state index in [4.69, 9.17) is 4.74 Å². The molecule has 10 heteroatoms. The fraction of sp³-hybridized carbons (Fsp3) is 0.682. The summed E-state index contributed by atoms with van der Waals surface area (Å²) in [5, 5.41) is 23.7. The van der Waals surface area contributed by atoms with Crippen molar-refractivity contribution in [3.05, 3.63) is 28.8 Å². The molecule has 1 aromatic heterocycles. The van der Waals surface area contributed by atoms with Crippen LogP contribution in [0.2, 0.25) is 0 Å². The first-order valence-corrected chi connectivity index (χ1v) is 12.0. The van der Waals surface area contributed by atoms with Crippen molar-refractivity contribution in [1.29, 1.82) is 0 Å². The molecule has 4 rings (SSSR count). The maximum absolute atomic E-state index is 12.5. The lowest BCUT2D eigenvalue weighted by atomic mass is 9.79. The van der Waals surface area contributed by atoms with E-state index in [2.05, 4.69) is 22.4 Å². The van der Waals surface area contributed by atoms with Crippen LogP contribution in [-0.2, 0) is 34.5 Å². The van der Waals surface area contributed by atoms with E-state index in [1.165, 1.54) is 4.90 Å². The molecule has 1 amide bonds. The molecule has 6 atom stereocenters. The van der Waals surface area contributed by atoms with Gasteiger partial charge in [-0.1, -0.05) is 6.92 Å². The van der Waals surface area contributed by atoms with Crippen LogP contribution < -0.4 is 9.88 Å². The zero-order valence-electron chi connectivity index (χ0n) is 19.0. The summed E-state index contributed by atoms with van der Waals surface area (Å²) in [6.07, 6.45) is 5.28. The average Bonchev–Trinajstić information content (AvgIpc) is 3.37. The summed E-state index contributed by atoms with van der Waals surface area (Å²) in [4.78, 5) is 26.7. The number of hydrogen-bond acceptors (Lipinski definition) is 6. The fourth-order valence-corrected chi connectivity index (χ4v) is 6.87. The molecule has 176 valence electrons. The van der Waals surface area contributed by atoms with E-state index in [-0.39, 0.29) is 28.8 Å². The summed E-state index contributed by atoms with van der Waals surface area (Å²) in [7, 11) is 3.70. The molecule has 3 aliphatic rings. The molecule has 0 spiro atoms. The number of fused-ring (bicyclic) bond motifs is 1. The van der Waals surface area contributed by atoms with Crippen molar-refractivity contribution in [2.45, 2.75) is 63.3 Å². The lowest BCUT2D eigenvalue weighted by molar-refractivity contribution is -0.671. The topological polar surface area (TPSA) is 108 Å². The van der Waals surface area contributed by atoms with E-state index in [1.807, 2.05) is 18.5 Å². The van der Waals surface area contributed by atoms with Gasteiger partial charge in [-0.2, -0.15) is 0 Å². The Morgan fingerprint density at radius 1 is 1.47 bits per heavy atom. The highest BCUT2D eigenvalue weighted by Gasteiger charge is 2.60. The molecule has 0 saturated carbocycles. The molecular weight excluding hydrogens is 432 g/mol. The Hall–Kier alpha value is -1.88. The Balaban J connectivity index is 1.39. The molecule has 0 aromatic carbocycles. The summed E-state index contributed by atoms with van der Waals surface area (Å²) in [5.74, 6) is -1.94. The average molecular weight is 466 g/mol. The number of carbonyl (C=O) groups excluding carboxylic acids is 1. The van der Waals surface area contributed by atoms with Gasteiger partial charge in [0.1, 0.15) is 18.5 Å². The zero-order chi connectivity index (χ0) is 23.2. The summed E-state index contributed by atoms with van der Waals surface area (Å²) >= 11 is 1.59. The van der Waals surface area contributed by atoms with Gasteiger partial charge in [-0.3, -0.25) is 4.79 Å². The minimum absolute atomic E-state index is 0.0843. The molecule has 9 nitrogen and oxygen atoms in total. The highest BCUT2D eigenvalue weighted by atomic mass is 32.2. The number of aryl methyl sites for hydroxylation is 2. The second-order valence-corrected chi connectivity index (χ2v) is 10.5. The third kappa shape index (κ3) is 4.09. The van der Waals surface area contributed by atoms with Gasteiger partial charge in [0.2, 0.25) is 12.2 Å². The number of thioether (sulfide) groups is 1. The van der Waals surface area contributed by atoms with Crippen LogP contribution >= 0.6 is 11.8 Å². The van der Waals surface area contributed by atoms with Gasteiger partial charge < -0.3 is 25.2 Å². The summed E-state index contributed by atoms with van der Waals surface area (Å²) in [6.45, 7) is 5.84. The SMILES string of the molecule is COCc1c[n+](C)cn1CC[C@@H]1C[C@H](SC2=C(C(=O)O)N3C(=O)[C@H]([C@@H](C)O)[C@H]3[C@H]2C)CN1. The van der Waals surface area contributed by atoms with Crippen LogP contribution in [0.15, 0.2) is 23.1 Å². The molecule has 1 aromatic rings. The number of carboxylic acids is 1. The molecule has 3 N–H and O–H groups in total. The molecule has 4 heterocycles. The highest BCUT2D eigenvalue weighted by molar-refractivity contribution is 8.03. The first kappa shape index (κ1) is 23.3. The van der Waals surface area contributed by atoms with Crippen molar-refractivity contribution in [3.63, 3.8) is 0 Å². The van der Waals surface area contributed by atoms with Crippen LogP contribution in [-0.4, -0.2) is 68.6 Å². The van der Waals surface area contributed by atoms with Crippen molar-refractivity contribution in [1.82, 2.24) is 14.8 Å². The number of nitrogens with zero attached hydrogens (tertiary/aromatic N) is 3. The third-order valence-corrected chi connectivity index (χ3v) is 8.35. The smallest absolute Gasteiger partial charge is 0.353 e. The minimum Gasteiger partial charge on any atom is -0.477 e. The van der Waals surface area contributed by atoms with Crippen molar-refractivity contribution in [2.75, 3.05) is 13.7 Å². The minimum atomic E-state index is -1.06.